The largest absolute Gasteiger partial charge is 0.478 e. The molecule has 0 aliphatic heterocycles. The highest BCUT2D eigenvalue weighted by Gasteiger charge is 2.21. The van der Waals surface area contributed by atoms with Gasteiger partial charge < -0.3 is 10.4 Å². The van der Waals surface area contributed by atoms with Gasteiger partial charge >= 0.3 is 5.97 Å². The average molecular weight is 322 g/mol. The van der Waals surface area contributed by atoms with Crippen LogP contribution < -0.4 is 5.32 Å². The number of carboxylic acid groups (broad SMARTS) is 1. The molecule has 4 nitrogen and oxygen atoms in total. The molecule has 5 heteroatoms. The maximum absolute atomic E-state index is 11.2. The first-order valence-electron chi connectivity index (χ1n) is 7.03. The van der Waals surface area contributed by atoms with Gasteiger partial charge in [-0.1, -0.05) is 18.1 Å². The Morgan fingerprint density at radius 3 is 2.65 bits per heavy atom. The van der Waals surface area contributed by atoms with E-state index < -0.39 is 5.97 Å². The summed E-state index contributed by atoms with van der Waals surface area (Å²) in [6.45, 7) is 0. The van der Waals surface area contributed by atoms with Gasteiger partial charge in [0.25, 0.3) is 0 Å². The van der Waals surface area contributed by atoms with Crippen molar-refractivity contribution in [2.75, 3.05) is 7.05 Å². The van der Waals surface area contributed by atoms with Crippen molar-refractivity contribution in [1.82, 2.24) is 10.3 Å². The van der Waals surface area contributed by atoms with E-state index in [1.54, 1.807) is 12.6 Å². The lowest BCUT2D eigenvalue weighted by atomic mass is 10.0. The molecule has 0 radical (unpaired) electrons. The number of benzene rings is 1. The van der Waals surface area contributed by atoms with Crippen molar-refractivity contribution in [3.05, 3.63) is 69.3 Å². The summed E-state index contributed by atoms with van der Waals surface area (Å²) in [4.78, 5) is 15.4. The van der Waals surface area contributed by atoms with Crippen LogP contribution in [0.5, 0.6) is 0 Å². The molecule has 1 aliphatic carbocycles. The molecular formula is C18H14N2O2S. The van der Waals surface area contributed by atoms with Gasteiger partial charge in [-0.15, -0.1) is 11.3 Å². The molecule has 2 N–H and O–H groups in total. The maximum Gasteiger partial charge on any atom is 0.334 e. The lowest BCUT2D eigenvalue weighted by Crippen LogP contribution is -2.09. The maximum atomic E-state index is 11.2. The molecule has 1 aromatic carbocycles. The van der Waals surface area contributed by atoms with Gasteiger partial charge in [0.15, 0.2) is 0 Å². The second-order valence-electron chi connectivity index (χ2n) is 4.99. The molecule has 0 bridgehead atoms. The van der Waals surface area contributed by atoms with Crippen LogP contribution in [0.25, 0.3) is 5.57 Å². The number of nitrogens with one attached hydrogen (secondary N) is 1. The summed E-state index contributed by atoms with van der Waals surface area (Å²) in [6, 6.07) is 7.81. The molecule has 1 aromatic heterocycles. The van der Waals surface area contributed by atoms with Crippen LogP contribution in [-0.4, -0.2) is 23.1 Å². The SMILES string of the molecule is CNC1=C(C(=O)O)CC(c2ccc(C#Cc3cscn3)cc2)=C1. The zero-order valence-corrected chi connectivity index (χ0v) is 13.3. The minimum absolute atomic E-state index is 0.398. The Hall–Kier alpha value is -2.84. The molecule has 0 atom stereocenters. The predicted molar refractivity (Wildman–Crippen MR) is 90.9 cm³/mol. The number of allylic oxidation sites excluding steroid dienone is 2. The smallest absolute Gasteiger partial charge is 0.334 e. The number of thiazole rings is 1. The van der Waals surface area contributed by atoms with Gasteiger partial charge in [-0.05, 0) is 35.3 Å². The lowest BCUT2D eigenvalue weighted by molar-refractivity contribution is -0.132. The number of carboxylic acids is 1. The Morgan fingerprint density at radius 2 is 2.09 bits per heavy atom. The molecule has 23 heavy (non-hydrogen) atoms. The number of likely N-dealkylation sites (N-methyl/N-ethyl adjacent to an activating group) is 1. The van der Waals surface area contributed by atoms with Crippen LogP contribution in [-0.2, 0) is 4.79 Å². The molecular weight excluding hydrogens is 308 g/mol. The van der Waals surface area contributed by atoms with Crippen molar-refractivity contribution < 1.29 is 9.90 Å². The number of aromatic nitrogens is 1. The fourth-order valence-electron chi connectivity index (χ4n) is 2.38. The van der Waals surface area contributed by atoms with Gasteiger partial charge in [-0.3, -0.25) is 0 Å². The third-order valence-electron chi connectivity index (χ3n) is 3.56. The highest BCUT2D eigenvalue weighted by molar-refractivity contribution is 7.07. The Morgan fingerprint density at radius 1 is 1.30 bits per heavy atom. The lowest BCUT2D eigenvalue weighted by Gasteiger charge is -2.03. The molecule has 0 unspecified atom stereocenters. The van der Waals surface area contributed by atoms with Crippen LogP contribution in [0.3, 0.4) is 0 Å². The van der Waals surface area contributed by atoms with Crippen molar-refractivity contribution in [2.24, 2.45) is 0 Å². The summed E-state index contributed by atoms with van der Waals surface area (Å²) in [6.07, 6.45) is 2.31. The summed E-state index contributed by atoms with van der Waals surface area (Å²) < 4.78 is 0. The topological polar surface area (TPSA) is 62.2 Å². The van der Waals surface area contributed by atoms with E-state index in [0.29, 0.717) is 17.7 Å². The van der Waals surface area contributed by atoms with E-state index in [1.807, 2.05) is 35.7 Å². The van der Waals surface area contributed by atoms with E-state index in [0.717, 1.165) is 22.4 Å². The average Bonchev–Trinajstić information content (AvgIpc) is 3.22. The Bertz CT molecular complexity index is 851. The van der Waals surface area contributed by atoms with Gasteiger partial charge in [-0.25, -0.2) is 9.78 Å². The van der Waals surface area contributed by atoms with Gasteiger partial charge in [0.1, 0.15) is 5.69 Å². The van der Waals surface area contributed by atoms with E-state index in [-0.39, 0.29) is 0 Å². The number of hydrogen-bond acceptors (Lipinski definition) is 4. The van der Waals surface area contributed by atoms with Crippen molar-refractivity contribution in [2.45, 2.75) is 6.42 Å². The molecule has 0 spiro atoms. The van der Waals surface area contributed by atoms with Crippen molar-refractivity contribution in [3.8, 4) is 11.8 Å². The van der Waals surface area contributed by atoms with E-state index in [4.69, 9.17) is 0 Å². The van der Waals surface area contributed by atoms with E-state index >= 15 is 0 Å². The third kappa shape index (κ3) is 3.33. The summed E-state index contributed by atoms with van der Waals surface area (Å²) in [5, 5.41) is 14.1. The first kappa shape index (κ1) is 15.1. The molecule has 3 rings (SSSR count). The van der Waals surface area contributed by atoms with Crippen LogP contribution in [0, 0.1) is 11.8 Å². The van der Waals surface area contributed by atoms with E-state index in [1.165, 1.54) is 11.3 Å². The predicted octanol–water partition coefficient (Wildman–Crippen LogP) is 2.89. The molecule has 0 fully saturated rings. The first-order chi connectivity index (χ1) is 11.2. The van der Waals surface area contributed by atoms with Crippen molar-refractivity contribution in [3.63, 3.8) is 0 Å². The highest BCUT2D eigenvalue weighted by atomic mass is 32.1. The van der Waals surface area contributed by atoms with Gasteiger partial charge in [0.2, 0.25) is 0 Å². The Labute approximate surface area is 138 Å². The number of carbonyl (C=O) groups is 1. The second kappa shape index (κ2) is 6.51. The zero-order chi connectivity index (χ0) is 16.2. The van der Waals surface area contributed by atoms with Crippen LogP contribution >= 0.6 is 11.3 Å². The summed E-state index contributed by atoms with van der Waals surface area (Å²) in [7, 11) is 1.73. The Balaban J connectivity index is 1.78. The number of nitrogens with zero attached hydrogens (tertiary/aromatic N) is 1. The van der Waals surface area contributed by atoms with Crippen LogP contribution in [0.2, 0.25) is 0 Å². The van der Waals surface area contributed by atoms with Crippen LogP contribution in [0.1, 0.15) is 23.2 Å². The minimum Gasteiger partial charge on any atom is -0.478 e. The first-order valence-corrected chi connectivity index (χ1v) is 7.97. The molecule has 1 heterocycles. The minimum atomic E-state index is -0.883. The number of rotatable bonds is 3. The van der Waals surface area contributed by atoms with Gasteiger partial charge in [0, 0.05) is 30.1 Å². The fraction of sp³-hybridized carbons (Fsp3) is 0.111. The Kier molecular flexibility index (Phi) is 4.26. The van der Waals surface area contributed by atoms with E-state index in [9.17, 15) is 9.90 Å². The second-order valence-corrected chi connectivity index (χ2v) is 5.71. The normalized spacial score (nSPS) is 13.3. The molecule has 0 saturated heterocycles. The van der Waals surface area contributed by atoms with Crippen LogP contribution in [0.15, 0.2) is 52.5 Å². The molecule has 0 amide bonds. The third-order valence-corrected chi connectivity index (χ3v) is 4.15. The standard InChI is InChI=1S/C18H14N2O2S/c1-19-17-9-14(8-16(17)18(21)22)13-5-2-12(3-6-13)4-7-15-10-23-11-20-15/h2-3,5-6,9-11,19H,8H2,1H3,(H,21,22). The number of hydrogen-bond donors (Lipinski definition) is 2. The number of aliphatic carboxylic acids is 1. The summed E-state index contributed by atoms with van der Waals surface area (Å²) >= 11 is 1.52. The quantitative estimate of drug-likeness (QED) is 0.853. The molecule has 114 valence electrons. The molecule has 1 aliphatic rings. The van der Waals surface area contributed by atoms with Crippen molar-refractivity contribution >= 4 is 22.9 Å². The van der Waals surface area contributed by atoms with Crippen LogP contribution in [0.4, 0.5) is 0 Å². The monoisotopic (exact) mass is 322 g/mol. The molecule has 2 aromatic rings. The van der Waals surface area contributed by atoms with Gasteiger partial charge in [0.05, 0.1) is 11.1 Å². The van der Waals surface area contributed by atoms with Gasteiger partial charge in [-0.2, -0.15) is 0 Å². The zero-order valence-electron chi connectivity index (χ0n) is 12.5. The summed E-state index contributed by atoms with van der Waals surface area (Å²) in [5.41, 5.74) is 6.49. The van der Waals surface area contributed by atoms with E-state index in [2.05, 4.69) is 22.1 Å². The fourth-order valence-corrected chi connectivity index (χ4v) is 2.86. The summed E-state index contributed by atoms with van der Waals surface area (Å²) in [5.74, 6) is 5.19. The van der Waals surface area contributed by atoms with Crippen molar-refractivity contribution in [1.29, 1.82) is 0 Å². The molecule has 0 saturated carbocycles. The highest BCUT2D eigenvalue weighted by Crippen LogP contribution is 2.31.